The number of aryl methyl sites for hydroxylation is 1. The molecule has 7 nitrogen and oxygen atoms in total. The van der Waals surface area contributed by atoms with Crippen LogP contribution >= 0.6 is 0 Å². The number of aromatic amines is 1. The molecule has 0 aliphatic heterocycles. The molecule has 0 fully saturated rings. The van der Waals surface area contributed by atoms with Crippen LogP contribution in [0.25, 0.3) is 6.08 Å². The van der Waals surface area contributed by atoms with E-state index in [1.165, 1.54) is 20.1 Å². The lowest BCUT2D eigenvalue weighted by atomic mass is 10.1. The van der Waals surface area contributed by atoms with Gasteiger partial charge in [-0.2, -0.15) is 0 Å². The first kappa shape index (κ1) is 21.0. The van der Waals surface area contributed by atoms with E-state index in [1.807, 2.05) is 0 Å². The molecule has 148 valence electrons. The molecule has 2 rings (SSSR count). The van der Waals surface area contributed by atoms with E-state index in [0.29, 0.717) is 22.6 Å². The summed E-state index contributed by atoms with van der Waals surface area (Å²) in [5, 5.41) is 0. The van der Waals surface area contributed by atoms with Crippen LogP contribution in [0, 0.1) is 13.8 Å². The first-order valence-corrected chi connectivity index (χ1v) is 8.63. The fourth-order valence-corrected chi connectivity index (χ4v) is 2.78. The van der Waals surface area contributed by atoms with Gasteiger partial charge in [0.2, 0.25) is 5.78 Å². The summed E-state index contributed by atoms with van der Waals surface area (Å²) in [7, 11) is 2.83. The van der Waals surface area contributed by atoms with Crippen LogP contribution in [0.15, 0.2) is 30.3 Å². The topological polar surface area (TPSA) is 94.7 Å². The molecule has 1 aromatic heterocycles. The molecule has 7 heteroatoms. The van der Waals surface area contributed by atoms with E-state index in [9.17, 15) is 14.4 Å². The summed E-state index contributed by atoms with van der Waals surface area (Å²) in [5.41, 5.74) is 2.26. The number of ether oxygens (including phenoxy) is 3. The number of hydrogen-bond acceptors (Lipinski definition) is 6. The molecular formula is C21H23NO6. The number of nitrogens with one attached hydrogen (secondary N) is 1. The minimum Gasteiger partial charge on any atom is -0.497 e. The van der Waals surface area contributed by atoms with Crippen molar-refractivity contribution in [2.75, 3.05) is 14.2 Å². The van der Waals surface area contributed by atoms with E-state index in [4.69, 9.17) is 14.2 Å². The number of benzene rings is 1. The SMILES string of the molecule is COC(=O)c1c(C)[nH]c(C(=O)[C@H](C)OC(=O)/C=C/c2cccc(OC)c2)c1C. The fourth-order valence-electron chi connectivity index (χ4n) is 2.78. The monoisotopic (exact) mass is 385 g/mol. The van der Waals surface area contributed by atoms with Crippen LogP contribution < -0.4 is 4.74 Å². The Balaban J connectivity index is 2.09. The van der Waals surface area contributed by atoms with Crippen LogP contribution in [0.4, 0.5) is 0 Å². The summed E-state index contributed by atoms with van der Waals surface area (Å²) in [5.74, 6) is -0.953. The second-order valence-electron chi connectivity index (χ2n) is 6.17. The maximum Gasteiger partial charge on any atom is 0.339 e. The Bertz CT molecular complexity index is 925. The van der Waals surface area contributed by atoms with Crippen molar-refractivity contribution >= 4 is 23.8 Å². The molecule has 2 aromatic rings. The zero-order valence-corrected chi connectivity index (χ0v) is 16.5. The Hall–Kier alpha value is -3.35. The number of methoxy groups -OCH3 is 2. The highest BCUT2D eigenvalue weighted by Gasteiger charge is 2.26. The zero-order chi connectivity index (χ0) is 20.8. The third-order valence-electron chi connectivity index (χ3n) is 4.24. The predicted octanol–water partition coefficient (Wildman–Crippen LogP) is 3.25. The lowest BCUT2D eigenvalue weighted by Crippen LogP contribution is -2.24. The summed E-state index contributed by atoms with van der Waals surface area (Å²) in [4.78, 5) is 39.4. The molecule has 0 bridgehead atoms. The number of rotatable bonds is 7. The normalized spacial score (nSPS) is 11.9. The summed E-state index contributed by atoms with van der Waals surface area (Å²) in [6, 6.07) is 7.16. The second kappa shape index (κ2) is 9.03. The molecule has 0 unspecified atom stereocenters. The summed E-state index contributed by atoms with van der Waals surface area (Å²) in [6.07, 6.45) is 1.79. The number of carbonyl (C=O) groups is 3. The van der Waals surface area contributed by atoms with E-state index in [-0.39, 0.29) is 5.69 Å². The molecule has 0 spiro atoms. The number of hydrogen-bond donors (Lipinski definition) is 1. The first-order valence-electron chi connectivity index (χ1n) is 8.63. The maximum atomic E-state index is 12.6. The van der Waals surface area contributed by atoms with Gasteiger partial charge in [0.15, 0.2) is 6.10 Å². The number of H-pyrrole nitrogens is 1. The minimum atomic E-state index is -1.02. The van der Waals surface area contributed by atoms with Crippen LogP contribution in [0.1, 0.15) is 44.6 Å². The van der Waals surface area contributed by atoms with Gasteiger partial charge < -0.3 is 19.2 Å². The van der Waals surface area contributed by atoms with Crippen LogP contribution in [0.3, 0.4) is 0 Å². The Labute approximate surface area is 163 Å². The van der Waals surface area contributed by atoms with E-state index >= 15 is 0 Å². The van der Waals surface area contributed by atoms with Crippen molar-refractivity contribution in [1.29, 1.82) is 0 Å². The highest BCUT2D eigenvalue weighted by molar-refractivity contribution is 6.04. The van der Waals surface area contributed by atoms with Crippen molar-refractivity contribution in [2.24, 2.45) is 0 Å². The molecule has 0 aliphatic rings. The average molecular weight is 385 g/mol. The molecule has 0 saturated carbocycles. The number of Topliss-reactive ketones (excluding diaryl/α,β-unsaturated/α-hetero) is 1. The van der Waals surface area contributed by atoms with Crippen LogP contribution in [-0.2, 0) is 14.3 Å². The molecular weight excluding hydrogens is 362 g/mol. The van der Waals surface area contributed by atoms with Gasteiger partial charge in [-0.25, -0.2) is 9.59 Å². The van der Waals surface area contributed by atoms with Gasteiger partial charge in [0.1, 0.15) is 5.75 Å². The molecule has 1 heterocycles. The lowest BCUT2D eigenvalue weighted by Gasteiger charge is -2.10. The van der Waals surface area contributed by atoms with E-state index in [0.717, 1.165) is 5.56 Å². The average Bonchev–Trinajstić information content (AvgIpc) is 2.99. The quantitative estimate of drug-likeness (QED) is 0.447. The smallest absolute Gasteiger partial charge is 0.339 e. The molecule has 0 radical (unpaired) electrons. The highest BCUT2D eigenvalue weighted by atomic mass is 16.5. The maximum absolute atomic E-state index is 12.6. The Morgan fingerprint density at radius 3 is 2.50 bits per heavy atom. The Morgan fingerprint density at radius 2 is 1.86 bits per heavy atom. The van der Waals surface area contributed by atoms with Gasteiger partial charge in [-0.1, -0.05) is 12.1 Å². The molecule has 0 saturated heterocycles. The first-order chi connectivity index (χ1) is 13.3. The molecule has 28 heavy (non-hydrogen) atoms. The van der Waals surface area contributed by atoms with Gasteiger partial charge in [-0.3, -0.25) is 4.79 Å². The van der Waals surface area contributed by atoms with E-state index in [1.54, 1.807) is 51.3 Å². The standard InChI is InChI=1S/C21H23NO6/c1-12-18(21(25)27-5)13(2)22-19(12)20(24)14(3)28-17(23)10-9-15-7-6-8-16(11-15)26-4/h6-11,14,22H,1-5H3/b10-9+/t14-/m0/s1. The highest BCUT2D eigenvalue weighted by Crippen LogP contribution is 2.21. The van der Waals surface area contributed by atoms with Crippen LogP contribution in [0.2, 0.25) is 0 Å². The van der Waals surface area contributed by atoms with Crippen molar-refractivity contribution < 1.29 is 28.6 Å². The summed E-state index contributed by atoms with van der Waals surface area (Å²) < 4.78 is 15.0. The van der Waals surface area contributed by atoms with E-state index < -0.39 is 23.8 Å². The second-order valence-corrected chi connectivity index (χ2v) is 6.17. The van der Waals surface area contributed by atoms with Crippen molar-refractivity contribution in [1.82, 2.24) is 4.98 Å². The third kappa shape index (κ3) is 4.68. The van der Waals surface area contributed by atoms with Crippen molar-refractivity contribution in [3.05, 3.63) is 58.4 Å². The van der Waals surface area contributed by atoms with Gasteiger partial charge in [0, 0.05) is 11.8 Å². The summed E-state index contributed by atoms with van der Waals surface area (Å²) in [6.45, 7) is 4.79. The Morgan fingerprint density at radius 1 is 1.14 bits per heavy atom. The van der Waals surface area contributed by atoms with Crippen molar-refractivity contribution in [3.63, 3.8) is 0 Å². The molecule has 0 amide bonds. The number of esters is 2. The predicted molar refractivity (Wildman–Crippen MR) is 104 cm³/mol. The molecule has 1 atom stereocenters. The van der Waals surface area contributed by atoms with Gasteiger partial charge in [0.05, 0.1) is 25.5 Å². The van der Waals surface area contributed by atoms with Gasteiger partial charge in [-0.15, -0.1) is 0 Å². The largest absolute Gasteiger partial charge is 0.497 e. The van der Waals surface area contributed by atoms with Crippen LogP contribution in [-0.4, -0.2) is 43.0 Å². The molecule has 1 N–H and O–H groups in total. The Kier molecular flexibility index (Phi) is 6.76. The third-order valence-corrected chi connectivity index (χ3v) is 4.24. The number of ketones is 1. The molecule has 0 aliphatic carbocycles. The van der Waals surface area contributed by atoms with Gasteiger partial charge in [-0.05, 0) is 50.1 Å². The van der Waals surface area contributed by atoms with Gasteiger partial charge >= 0.3 is 11.9 Å². The summed E-state index contributed by atoms with van der Waals surface area (Å²) >= 11 is 0. The zero-order valence-electron chi connectivity index (χ0n) is 16.5. The van der Waals surface area contributed by atoms with Crippen molar-refractivity contribution in [3.8, 4) is 5.75 Å². The lowest BCUT2D eigenvalue weighted by molar-refractivity contribution is -0.140. The minimum absolute atomic E-state index is 0.218. The van der Waals surface area contributed by atoms with Gasteiger partial charge in [0.25, 0.3) is 0 Å². The number of carbonyl (C=O) groups excluding carboxylic acids is 3. The molecule has 1 aromatic carbocycles. The number of aromatic nitrogens is 1. The van der Waals surface area contributed by atoms with Crippen LogP contribution in [0.5, 0.6) is 5.75 Å². The fraction of sp³-hybridized carbons (Fsp3) is 0.286. The van der Waals surface area contributed by atoms with E-state index in [2.05, 4.69) is 4.98 Å². The van der Waals surface area contributed by atoms with Crippen molar-refractivity contribution in [2.45, 2.75) is 26.9 Å².